The number of benzene rings is 2. The number of nitrogens with zero attached hydrogens (tertiary/aromatic N) is 3. The van der Waals surface area contributed by atoms with Crippen LogP contribution in [0.15, 0.2) is 79.0 Å². The van der Waals surface area contributed by atoms with Crippen LogP contribution in [0.1, 0.15) is 44.5 Å². The smallest absolute Gasteiger partial charge is 0.247 e. The lowest BCUT2D eigenvalue weighted by Crippen LogP contribution is -2.46. The lowest BCUT2D eigenvalue weighted by atomic mass is 10.2. The minimum atomic E-state index is -0.172. The third-order valence-electron chi connectivity index (χ3n) is 5.94. The first kappa shape index (κ1) is 27.3. The summed E-state index contributed by atoms with van der Waals surface area (Å²) in [7, 11) is 0. The zero-order valence-corrected chi connectivity index (χ0v) is 22.4. The SMILES string of the molecule is CC(C)CN(Cc1cccn1Cc1ccccc1Cl)C(=O)CN(C(=O)/C=C/c1ccccc1)C(C)C. The van der Waals surface area contributed by atoms with Gasteiger partial charge in [-0.25, -0.2) is 0 Å². The molecule has 0 radical (unpaired) electrons. The molecule has 36 heavy (non-hydrogen) atoms. The number of carbonyl (C=O) groups excluding carboxylic acids is 2. The average Bonchev–Trinajstić information content (AvgIpc) is 3.28. The van der Waals surface area contributed by atoms with Gasteiger partial charge in [0.15, 0.2) is 0 Å². The average molecular weight is 506 g/mol. The Kier molecular flexibility index (Phi) is 9.95. The van der Waals surface area contributed by atoms with Gasteiger partial charge in [-0.15, -0.1) is 0 Å². The van der Waals surface area contributed by atoms with Crippen LogP contribution in [0, 0.1) is 5.92 Å². The van der Waals surface area contributed by atoms with Crippen molar-refractivity contribution in [2.24, 2.45) is 5.92 Å². The first-order valence-corrected chi connectivity index (χ1v) is 12.8. The van der Waals surface area contributed by atoms with Gasteiger partial charge in [0.05, 0.1) is 6.54 Å². The molecule has 0 aliphatic carbocycles. The number of hydrogen-bond acceptors (Lipinski definition) is 2. The quantitative estimate of drug-likeness (QED) is 0.294. The fourth-order valence-corrected chi connectivity index (χ4v) is 4.23. The predicted molar refractivity (Wildman–Crippen MR) is 148 cm³/mol. The highest BCUT2D eigenvalue weighted by Crippen LogP contribution is 2.19. The minimum absolute atomic E-state index is 0.0353. The summed E-state index contributed by atoms with van der Waals surface area (Å²) in [6.45, 7) is 9.80. The van der Waals surface area contributed by atoms with E-state index >= 15 is 0 Å². The van der Waals surface area contributed by atoms with E-state index < -0.39 is 0 Å². The normalized spacial score (nSPS) is 11.4. The van der Waals surface area contributed by atoms with Crippen LogP contribution in [-0.4, -0.2) is 45.3 Å². The second-order valence-electron chi connectivity index (χ2n) is 9.69. The van der Waals surface area contributed by atoms with Gasteiger partial charge in [-0.1, -0.05) is 74.0 Å². The van der Waals surface area contributed by atoms with Gasteiger partial charge >= 0.3 is 0 Å². The number of carbonyl (C=O) groups is 2. The van der Waals surface area contributed by atoms with Crippen molar-refractivity contribution in [1.29, 1.82) is 0 Å². The maximum absolute atomic E-state index is 13.5. The van der Waals surface area contributed by atoms with E-state index in [0.717, 1.165) is 21.8 Å². The second kappa shape index (κ2) is 13.1. The van der Waals surface area contributed by atoms with Gasteiger partial charge in [0.1, 0.15) is 6.54 Å². The molecular formula is C30H36ClN3O2. The fraction of sp³-hybridized carbons (Fsp3) is 0.333. The molecule has 1 heterocycles. The molecule has 0 spiro atoms. The van der Waals surface area contributed by atoms with Crippen molar-refractivity contribution in [3.63, 3.8) is 0 Å². The molecule has 5 nitrogen and oxygen atoms in total. The third-order valence-corrected chi connectivity index (χ3v) is 6.31. The van der Waals surface area contributed by atoms with Crippen molar-refractivity contribution in [2.45, 2.75) is 46.8 Å². The van der Waals surface area contributed by atoms with Crippen LogP contribution in [-0.2, 0) is 22.7 Å². The molecule has 3 aromatic rings. The Bertz CT molecular complexity index is 1170. The first-order chi connectivity index (χ1) is 17.2. The monoisotopic (exact) mass is 505 g/mol. The van der Waals surface area contributed by atoms with E-state index in [4.69, 9.17) is 11.6 Å². The fourth-order valence-electron chi connectivity index (χ4n) is 4.04. The van der Waals surface area contributed by atoms with Gasteiger partial charge in [-0.3, -0.25) is 9.59 Å². The molecule has 0 aliphatic heterocycles. The molecule has 0 atom stereocenters. The Balaban J connectivity index is 1.74. The van der Waals surface area contributed by atoms with Gasteiger partial charge in [-0.05, 0) is 55.2 Å². The van der Waals surface area contributed by atoms with Gasteiger partial charge in [0.2, 0.25) is 11.8 Å². The summed E-state index contributed by atoms with van der Waals surface area (Å²) < 4.78 is 2.12. The molecule has 3 rings (SSSR count). The van der Waals surface area contributed by atoms with E-state index in [0.29, 0.717) is 25.6 Å². The van der Waals surface area contributed by atoms with Crippen molar-refractivity contribution in [3.8, 4) is 0 Å². The van der Waals surface area contributed by atoms with Crippen LogP contribution < -0.4 is 0 Å². The third kappa shape index (κ3) is 7.85. The van der Waals surface area contributed by atoms with Gasteiger partial charge in [-0.2, -0.15) is 0 Å². The summed E-state index contributed by atoms with van der Waals surface area (Å²) in [6.07, 6.45) is 5.34. The summed E-state index contributed by atoms with van der Waals surface area (Å²) in [5.74, 6) is 0.0558. The predicted octanol–water partition coefficient (Wildman–Crippen LogP) is 6.12. The number of halogens is 1. The minimum Gasteiger partial charge on any atom is -0.345 e. The van der Waals surface area contributed by atoms with E-state index in [2.05, 4.69) is 18.4 Å². The molecule has 6 heteroatoms. The van der Waals surface area contributed by atoms with Gasteiger partial charge in [0.25, 0.3) is 0 Å². The van der Waals surface area contributed by atoms with Crippen LogP contribution >= 0.6 is 11.6 Å². The highest BCUT2D eigenvalue weighted by Gasteiger charge is 2.23. The van der Waals surface area contributed by atoms with Crippen LogP contribution in [0.25, 0.3) is 6.08 Å². The van der Waals surface area contributed by atoms with Crippen LogP contribution in [0.5, 0.6) is 0 Å². The van der Waals surface area contributed by atoms with Crippen molar-refractivity contribution >= 4 is 29.5 Å². The number of amides is 2. The largest absolute Gasteiger partial charge is 0.345 e. The molecule has 0 N–H and O–H groups in total. The summed E-state index contributed by atoms with van der Waals surface area (Å²) in [6, 6.07) is 21.4. The maximum atomic E-state index is 13.5. The Labute approximate surface area is 220 Å². The standard InChI is InChI=1S/C30H36ClN3O2/c1-23(2)19-33(21-27-14-10-18-32(27)20-26-13-8-9-15-28(26)31)30(36)22-34(24(3)4)29(35)17-16-25-11-6-5-7-12-25/h5-18,23-24H,19-22H2,1-4H3/b17-16+. The lowest BCUT2D eigenvalue weighted by molar-refractivity contribution is -0.140. The summed E-state index contributed by atoms with van der Waals surface area (Å²) in [4.78, 5) is 30.0. The van der Waals surface area contributed by atoms with Crippen LogP contribution in [0.4, 0.5) is 0 Å². The first-order valence-electron chi connectivity index (χ1n) is 12.4. The molecule has 190 valence electrons. The molecule has 0 bridgehead atoms. The topological polar surface area (TPSA) is 45.6 Å². The van der Waals surface area contributed by atoms with Gasteiger partial charge in [0, 0.05) is 42.1 Å². The molecule has 0 unspecified atom stereocenters. The van der Waals surface area contributed by atoms with Crippen molar-refractivity contribution < 1.29 is 9.59 Å². The van der Waals surface area contributed by atoms with Gasteiger partial charge < -0.3 is 14.4 Å². The highest BCUT2D eigenvalue weighted by molar-refractivity contribution is 6.31. The van der Waals surface area contributed by atoms with E-state index in [1.807, 2.05) is 91.7 Å². The van der Waals surface area contributed by atoms with E-state index in [1.165, 1.54) is 0 Å². The summed E-state index contributed by atoms with van der Waals surface area (Å²) in [5.41, 5.74) is 3.00. The zero-order chi connectivity index (χ0) is 26.1. The van der Waals surface area contributed by atoms with E-state index in [9.17, 15) is 9.59 Å². The Morgan fingerprint density at radius 3 is 2.31 bits per heavy atom. The van der Waals surface area contributed by atoms with Crippen molar-refractivity contribution in [3.05, 3.63) is 101 Å². The number of hydrogen-bond donors (Lipinski definition) is 0. The molecule has 0 aliphatic rings. The number of aromatic nitrogens is 1. The Morgan fingerprint density at radius 1 is 0.944 bits per heavy atom. The molecule has 0 saturated carbocycles. The maximum Gasteiger partial charge on any atom is 0.247 e. The molecule has 0 fully saturated rings. The summed E-state index contributed by atoms with van der Waals surface area (Å²) in [5, 5.41) is 0.724. The van der Waals surface area contributed by atoms with Crippen LogP contribution in [0.2, 0.25) is 5.02 Å². The molecular weight excluding hydrogens is 470 g/mol. The Hall–Kier alpha value is -3.31. The van der Waals surface area contributed by atoms with Crippen LogP contribution in [0.3, 0.4) is 0 Å². The summed E-state index contributed by atoms with van der Waals surface area (Å²) >= 11 is 6.38. The van der Waals surface area contributed by atoms with Crippen molar-refractivity contribution in [2.75, 3.05) is 13.1 Å². The Morgan fingerprint density at radius 2 is 1.64 bits per heavy atom. The molecule has 1 aromatic heterocycles. The van der Waals surface area contributed by atoms with E-state index in [1.54, 1.807) is 17.1 Å². The zero-order valence-electron chi connectivity index (χ0n) is 21.6. The van der Waals surface area contributed by atoms with Crippen molar-refractivity contribution in [1.82, 2.24) is 14.4 Å². The van der Waals surface area contributed by atoms with E-state index in [-0.39, 0.29) is 24.4 Å². The molecule has 2 aromatic carbocycles. The molecule has 2 amide bonds. The molecule has 0 saturated heterocycles. The second-order valence-corrected chi connectivity index (χ2v) is 10.1. The highest BCUT2D eigenvalue weighted by atomic mass is 35.5. The number of rotatable bonds is 11. The lowest BCUT2D eigenvalue weighted by Gasteiger charge is -2.30.